The van der Waals surface area contributed by atoms with Crippen molar-refractivity contribution in [2.75, 3.05) is 24.6 Å². The van der Waals surface area contributed by atoms with E-state index >= 15 is 0 Å². The second-order valence-corrected chi connectivity index (χ2v) is 6.48. The van der Waals surface area contributed by atoms with E-state index in [1.165, 1.54) is 0 Å². The second kappa shape index (κ2) is 5.27. The molecule has 1 saturated carbocycles. The van der Waals surface area contributed by atoms with Crippen LogP contribution < -0.4 is 5.73 Å². The van der Waals surface area contributed by atoms with E-state index in [2.05, 4.69) is 0 Å². The van der Waals surface area contributed by atoms with Gasteiger partial charge in [-0.2, -0.15) is 0 Å². The van der Waals surface area contributed by atoms with E-state index in [1.54, 1.807) is 0 Å². The van der Waals surface area contributed by atoms with E-state index in [1.807, 2.05) is 4.90 Å². The molecule has 92 valence electrons. The van der Waals surface area contributed by atoms with Crippen molar-refractivity contribution < 1.29 is 9.00 Å². The van der Waals surface area contributed by atoms with Crippen molar-refractivity contribution in [3.63, 3.8) is 0 Å². The molecular formula is C11H20N2O2S. The Morgan fingerprint density at radius 1 is 1.12 bits per heavy atom. The van der Waals surface area contributed by atoms with Gasteiger partial charge in [0.1, 0.15) is 0 Å². The van der Waals surface area contributed by atoms with Crippen LogP contribution in [0.5, 0.6) is 0 Å². The molecule has 2 aliphatic rings. The van der Waals surface area contributed by atoms with E-state index < -0.39 is 10.8 Å². The number of nitrogens with two attached hydrogens (primary N) is 1. The van der Waals surface area contributed by atoms with Crippen LogP contribution in [0.4, 0.5) is 0 Å². The maximum absolute atomic E-state index is 12.2. The minimum Gasteiger partial charge on any atom is -0.341 e. The first-order valence-electron chi connectivity index (χ1n) is 6.06. The van der Waals surface area contributed by atoms with Gasteiger partial charge in [0.25, 0.3) is 0 Å². The number of hydrogen-bond acceptors (Lipinski definition) is 3. The van der Waals surface area contributed by atoms with E-state index in [9.17, 15) is 9.00 Å². The van der Waals surface area contributed by atoms with Crippen LogP contribution in [0.2, 0.25) is 0 Å². The summed E-state index contributed by atoms with van der Waals surface area (Å²) in [6.45, 7) is 1.35. The molecule has 0 aromatic carbocycles. The summed E-state index contributed by atoms with van der Waals surface area (Å²) < 4.78 is 11.2. The number of hydrogen-bond donors (Lipinski definition) is 1. The fourth-order valence-corrected chi connectivity index (χ4v) is 3.53. The Morgan fingerprint density at radius 2 is 1.69 bits per heavy atom. The van der Waals surface area contributed by atoms with E-state index in [0.29, 0.717) is 24.6 Å². The van der Waals surface area contributed by atoms with Crippen molar-refractivity contribution in [3.8, 4) is 0 Å². The van der Waals surface area contributed by atoms with Gasteiger partial charge >= 0.3 is 0 Å². The predicted molar refractivity (Wildman–Crippen MR) is 64.4 cm³/mol. The van der Waals surface area contributed by atoms with Crippen LogP contribution in [-0.2, 0) is 15.6 Å². The third-order valence-electron chi connectivity index (χ3n) is 3.61. The molecule has 16 heavy (non-hydrogen) atoms. The maximum atomic E-state index is 12.2. The fourth-order valence-electron chi connectivity index (χ4n) is 2.48. The summed E-state index contributed by atoms with van der Waals surface area (Å²) in [5, 5.41) is 0. The van der Waals surface area contributed by atoms with Gasteiger partial charge in [0.05, 0.1) is 0 Å². The number of nitrogens with zero attached hydrogens (tertiary/aromatic N) is 1. The van der Waals surface area contributed by atoms with Crippen molar-refractivity contribution in [2.45, 2.75) is 31.7 Å². The van der Waals surface area contributed by atoms with Gasteiger partial charge in [-0.1, -0.05) is 0 Å². The van der Waals surface area contributed by atoms with Gasteiger partial charge in [0.2, 0.25) is 5.91 Å². The Bertz CT molecular complexity index is 278. The van der Waals surface area contributed by atoms with Gasteiger partial charge < -0.3 is 10.6 Å². The third-order valence-corrected chi connectivity index (χ3v) is 4.89. The van der Waals surface area contributed by atoms with Gasteiger partial charge in [-0.05, 0) is 25.7 Å². The molecule has 0 spiro atoms. The Hall–Kier alpha value is -0.420. The average molecular weight is 244 g/mol. The van der Waals surface area contributed by atoms with Crippen molar-refractivity contribution in [1.29, 1.82) is 0 Å². The fraction of sp³-hybridized carbons (Fsp3) is 0.909. The number of amides is 1. The summed E-state index contributed by atoms with van der Waals surface area (Å²) in [5.74, 6) is 1.74. The highest BCUT2D eigenvalue weighted by atomic mass is 32.2. The van der Waals surface area contributed by atoms with E-state index in [0.717, 1.165) is 25.7 Å². The summed E-state index contributed by atoms with van der Waals surface area (Å²) in [4.78, 5) is 14.0. The number of rotatable bonds is 1. The van der Waals surface area contributed by atoms with Crippen LogP contribution in [0.1, 0.15) is 25.7 Å². The normalized spacial score (nSPS) is 32.7. The van der Waals surface area contributed by atoms with Crippen LogP contribution in [0.15, 0.2) is 0 Å². The number of carbonyl (C=O) groups excluding carboxylic acids is 1. The topological polar surface area (TPSA) is 63.4 Å². The Labute approximate surface area is 99.0 Å². The lowest BCUT2D eigenvalue weighted by Crippen LogP contribution is -2.45. The molecule has 0 unspecified atom stereocenters. The smallest absolute Gasteiger partial charge is 0.225 e. The lowest BCUT2D eigenvalue weighted by atomic mass is 9.85. The standard InChI is InChI=1S/C11H20N2O2S/c12-10-3-1-9(2-4-10)11(14)13-5-7-16(15)8-6-13/h9-10H,1-8,12H2. The van der Waals surface area contributed by atoms with Crippen LogP contribution >= 0.6 is 0 Å². The first-order chi connectivity index (χ1) is 7.66. The van der Waals surface area contributed by atoms with Crippen LogP contribution in [-0.4, -0.2) is 45.7 Å². The first kappa shape index (κ1) is 12.0. The highest BCUT2D eigenvalue weighted by molar-refractivity contribution is 7.85. The molecule has 0 atom stereocenters. The minimum atomic E-state index is -0.702. The lowest BCUT2D eigenvalue weighted by molar-refractivity contribution is -0.136. The molecule has 2 fully saturated rings. The van der Waals surface area contributed by atoms with Gasteiger partial charge in [-0.3, -0.25) is 9.00 Å². The number of carbonyl (C=O) groups is 1. The van der Waals surface area contributed by atoms with Crippen LogP contribution in [0, 0.1) is 5.92 Å². The average Bonchev–Trinajstić information content (AvgIpc) is 2.30. The monoisotopic (exact) mass is 244 g/mol. The first-order valence-corrected chi connectivity index (χ1v) is 7.55. The predicted octanol–water partition coefficient (Wildman–Crippen LogP) is 0.0948. The molecule has 1 saturated heterocycles. The summed E-state index contributed by atoms with van der Waals surface area (Å²) in [6, 6.07) is 0.290. The molecule has 2 N–H and O–H groups in total. The molecule has 0 radical (unpaired) electrons. The zero-order valence-electron chi connectivity index (χ0n) is 9.56. The molecule has 1 aliphatic heterocycles. The van der Waals surface area contributed by atoms with E-state index in [-0.39, 0.29) is 17.9 Å². The second-order valence-electron chi connectivity index (χ2n) is 4.79. The molecule has 1 aliphatic carbocycles. The van der Waals surface area contributed by atoms with E-state index in [4.69, 9.17) is 5.73 Å². The van der Waals surface area contributed by atoms with Gasteiger partial charge in [-0.15, -0.1) is 0 Å². The summed E-state index contributed by atoms with van der Waals surface area (Å²) in [7, 11) is -0.702. The van der Waals surface area contributed by atoms with Crippen molar-refractivity contribution >= 4 is 16.7 Å². The van der Waals surface area contributed by atoms with Crippen LogP contribution in [0.25, 0.3) is 0 Å². The molecule has 2 rings (SSSR count). The van der Waals surface area contributed by atoms with Crippen molar-refractivity contribution in [2.24, 2.45) is 11.7 Å². The molecule has 1 amide bonds. The maximum Gasteiger partial charge on any atom is 0.225 e. The summed E-state index contributed by atoms with van der Waals surface area (Å²) in [5.41, 5.74) is 5.83. The van der Waals surface area contributed by atoms with Gasteiger partial charge in [0, 0.05) is 47.4 Å². The van der Waals surface area contributed by atoms with Crippen LogP contribution in [0.3, 0.4) is 0 Å². The summed E-state index contributed by atoms with van der Waals surface area (Å²) >= 11 is 0. The molecule has 4 nitrogen and oxygen atoms in total. The molecule has 0 aromatic heterocycles. The van der Waals surface area contributed by atoms with Gasteiger partial charge in [0.15, 0.2) is 0 Å². The largest absolute Gasteiger partial charge is 0.341 e. The zero-order valence-corrected chi connectivity index (χ0v) is 10.4. The molecular weight excluding hydrogens is 224 g/mol. The van der Waals surface area contributed by atoms with Crippen molar-refractivity contribution in [1.82, 2.24) is 4.90 Å². The van der Waals surface area contributed by atoms with Gasteiger partial charge in [-0.25, -0.2) is 0 Å². The Kier molecular flexibility index (Phi) is 3.97. The molecule has 0 aromatic rings. The van der Waals surface area contributed by atoms with Crippen molar-refractivity contribution in [3.05, 3.63) is 0 Å². The Balaban J connectivity index is 1.85. The minimum absolute atomic E-state index is 0.173. The Morgan fingerprint density at radius 3 is 2.25 bits per heavy atom. The quantitative estimate of drug-likeness (QED) is 0.711. The molecule has 0 bridgehead atoms. The zero-order chi connectivity index (χ0) is 11.5. The SMILES string of the molecule is NC1CCC(C(=O)N2CCS(=O)CC2)CC1. The summed E-state index contributed by atoms with van der Waals surface area (Å²) in [6.07, 6.45) is 3.80. The lowest BCUT2D eigenvalue weighted by Gasteiger charge is -2.32. The molecule has 1 heterocycles. The highest BCUT2D eigenvalue weighted by Crippen LogP contribution is 2.25. The molecule has 5 heteroatoms. The third kappa shape index (κ3) is 2.83. The highest BCUT2D eigenvalue weighted by Gasteiger charge is 2.29.